The zero-order valence-corrected chi connectivity index (χ0v) is 17.2. The van der Waals surface area contributed by atoms with Crippen LogP contribution in [0, 0.1) is 4.78 Å². The van der Waals surface area contributed by atoms with E-state index in [-0.39, 0.29) is 17.1 Å². The van der Waals surface area contributed by atoms with Gasteiger partial charge in [-0.2, -0.15) is 0 Å². The van der Waals surface area contributed by atoms with Crippen LogP contribution in [0.25, 0.3) is 5.57 Å². The van der Waals surface area contributed by atoms with Crippen LogP contribution in [0.4, 0.5) is 5.82 Å². The summed E-state index contributed by atoms with van der Waals surface area (Å²) in [6.07, 6.45) is 5.01. The molecule has 0 aromatic carbocycles. The first-order chi connectivity index (χ1) is 13.4. The number of hydrogen-bond acceptors (Lipinski definition) is 8. The van der Waals surface area contributed by atoms with E-state index in [1.165, 1.54) is 0 Å². The van der Waals surface area contributed by atoms with E-state index in [4.69, 9.17) is 25.2 Å². The van der Waals surface area contributed by atoms with E-state index in [0.29, 0.717) is 42.5 Å². The number of ether oxygens (including phenoxy) is 1. The summed E-state index contributed by atoms with van der Waals surface area (Å²) in [5.41, 5.74) is 7.20. The lowest BCUT2D eigenvalue weighted by atomic mass is 10.1. The van der Waals surface area contributed by atoms with Crippen molar-refractivity contribution in [3.8, 4) is 0 Å². The van der Waals surface area contributed by atoms with Gasteiger partial charge in [-0.15, -0.1) is 0 Å². The van der Waals surface area contributed by atoms with Gasteiger partial charge in [-0.05, 0) is 39.5 Å². The maximum Gasteiger partial charge on any atom is 0.161 e. The highest BCUT2D eigenvalue weighted by Crippen LogP contribution is 2.36. The van der Waals surface area contributed by atoms with Crippen LogP contribution in [-0.2, 0) is 14.5 Å². The molecule has 1 aromatic heterocycles. The first kappa shape index (κ1) is 20.5. The predicted molar refractivity (Wildman–Crippen MR) is 113 cm³/mol. The van der Waals surface area contributed by atoms with Gasteiger partial charge >= 0.3 is 0 Å². The second-order valence-electron chi connectivity index (χ2n) is 7.12. The number of aromatic nitrogens is 2. The Morgan fingerprint density at radius 3 is 2.93 bits per heavy atom. The van der Waals surface area contributed by atoms with Gasteiger partial charge in [-0.3, -0.25) is 4.78 Å². The molecule has 0 radical (unpaired) electrons. The molecule has 0 saturated carbocycles. The minimum atomic E-state index is -2.70. The number of nitrogens with two attached hydrogens (primary N) is 1. The van der Waals surface area contributed by atoms with Crippen molar-refractivity contribution >= 4 is 27.8 Å². The highest BCUT2D eigenvalue weighted by molar-refractivity contribution is 7.92. The normalized spacial score (nSPS) is 29.1. The highest BCUT2D eigenvalue weighted by atomic mass is 32.2. The summed E-state index contributed by atoms with van der Waals surface area (Å²) in [5, 5.41) is -0.374. The van der Waals surface area contributed by atoms with Crippen molar-refractivity contribution in [1.29, 1.82) is 4.78 Å². The molecule has 8 nitrogen and oxygen atoms in total. The Balaban J connectivity index is 2.12. The van der Waals surface area contributed by atoms with Gasteiger partial charge in [0.1, 0.15) is 11.6 Å². The molecule has 2 saturated heterocycles. The van der Waals surface area contributed by atoms with Crippen LogP contribution < -0.4 is 10.6 Å². The van der Waals surface area contributed by atoms with E-state index in [1.807, 2.05) is 19.1 Å². The number of allylic oxidation sites excluding steroid dienone is 3. The van der Waals surface area contributed by atoms with E-state index in [2.05, 4.69) is 23.5 Å². The van der Waals surface area contributed by atoms with Crippen LogP contribution in [0.1, 0.15) is 43.5 Å². The fourth-order valence-electron chi connectivity index (χ4n) is 3.60. The van der Waals surface area contributed by atoms with Gasteiger partial charge < -0.3 is 15.4 Å². The third-order valence-electron chi connectivity index (χ3n) is 5.15. The molecule has 1 unspecified atom stereocenters. The number of anilines is 1. The van der Waals surface area contributed by atoms with E-state index in [1.54, 1.807) is 6.08 Å². The lowest BCUT2D eigenvalue weighted by Crippen LogP contribution is -2.44. The molecule has 152 valence electrons. The monoisotopic (exact) mass is 404 g/mol. The van der Waals surface area contributed by atoms with Gasteiger partial charge in [0.25, 0.3) is 0 Å². The molecule has 3 N–H and O–H groups in total. The highest BCUT2D eigenvalue weighted by Gasteiger charge is 2.32. The fraction of sp³-hybridized carbons (Fsp3) is 0.526. The summed E-state index contributed by atoms with van der Waals surface area (Å²) < 4.78 is 26.6. The molecule has 2 aliphatic rings. The van der Waals surface area contributed by atoms with Gasteiger partial charge in [-0.1, -0.05) is 6.08 Å². The van der Waals surface area contributed by atoms with Crippen LogP contribution in [0.2, 0.25) is 0 Å². The average Bonchev–Trinajstić information content (AvgIpc) is 3.04. The molecule has 0 spiro atoms. The minimum absolute atomic E-state index is 0.165. The van der Waals surface area contributed by atoms with Crippen molar-refractivity contribution in [2.75, 3.05) is 30.4 Å². The number of nitrogens with one attached hydrogen (secondary N) is 1. The van der Waals surface area contributed by atoms with Crippen LogP contribution >= 0.6 is 0 Å². The summed E-state index contributed by atoms with van der Waals surface area (Å²) in [5.74, 6) is 1.94. The molecule has 1 aromatic rings. The summed E-state index contributed by atoms with van der Waals surface area (Å²) in [4.78, 5) is 15.4. The SMILES string of the molecule is C=N/C(N)=C\C(=C/C)c1nc([C@H]2CCCS2(=N)=O)cc(N2CCOC[C@H]2C)n1. The zero-order chi connectivity index (χ0) is 20.3. The summed E-state index contributed by atoms with van der Waals surface area (Å²) in [6.45, 7) is 9.37. The molecule has 9 heteroatoms. The fourth-order valence-corrected chi connectivity index (χ4v) is 5.54. The van der Waals surface area contributed by atoms with Crippen LogP contribution in [-0.4, -0.2) is 52.4 Å². The number of hydrogen-bond donors (Lipinski definition) is 2. The van der Waals surface area contributed by atoms with Crippen LogP contribution in [0.3, 0.4) is 0 Å². The zero-order valence-electron chi connectivity index (χ0n) is 16.4. The molecule has 2 fully saturated rings. The summed E-state index contributed by atoms with van der Waals surface area (Å²) in [7, 11) is -2.70. The Bertz CT molecular complexity index is 909. The smallest absolute Gasteiger partial charge is 0.161 e. The Morgan fingerprint density at radius 1 is 1.54 bits per heavy atom. The standard InChI is InChI=1S/C19H28N6O2S/c1-4-14(10-17(20)22-3)19-23-15(16-6-5-9-28(16,21)26)11-18(24-19)25-7-8-27-12-13(25)2/h4,10-11,13,16,21H,3,5-9,12,20H2,1-2H3/b14-4+,17-10-/t13-,16-,28?/m1/s1. The van der Waals surface area contributed by atoms with Crippen molar-refractivity contribution in [1.82, 2.24) is 9.97 Å². The molecule has 28 heavy (non-hydrogen) atoms. The van der Waals surface area contributed by atoms with Crippen molar-refractivity contribution in [3.63, 3.8) is 0 Å². The summed E-state index contributed by atoms with van der Waals surface area (Å²) in [6, 6.07) is 2.06. The second-order valence-corrected chi connectivity index (χ2v) is 9.55. The average molecular weight is 405 g/mol. The Hall–Kier alpha value is -2.26. The van der Waals surface area contributed by atoms with Gasteiger partial charge in [0.15, 0.2) is 5.82 Å². The molecule has 3 rings (SSSR count). The van der Waals surface area contributed by atoms with E-state index in [0.717, 1.165) is 18.8 Å². The van der Waals surface area contributed by atoms with E-state index >= 15 is 0 Å². The van der Waals surface area contributed by atoms with Crippen LogP contribution in [0.5, 0.6) is 0 Å². The lowest BCUT2D eigenvalue weighted by molar-refractivity contribution is 0.0985. The molecule has 0 bridgehead atoms. The van der Waals surface area contributed by atoms with Crippen molar-refractivity contribution in [2.24, 2.45) is 10.7 Å². The maximum atomic E-state index is 12.7. The van der Waals surface area contributed by atoms with Crippen molar-refractivity contribution < 1.29 is 8.95 Å². The second kappa shape index (κ2) is 8.40. The summed E-state index contributed by atoms with van der Waals surface area (Å²) >= 11 is 0. The van der Waals surface area contributed by atoms with E-state index < -0.39 is 9.73 Å². The third kappa shape index (κ3) is 4.25. The molecular weight excluding hydrogens is 376 g/mol. The molecule has 0 amide bonds. The largest absolute Gasteiger partial charge is 0.384 e. The maximum absolute atomic E-state index is 12.7. The first-order valence-corrected chi connectivity index (χ1v) is 11.2. The topological polar surface area (TPSA) is 118 Å². The molecule has 3 heterocycles. The quantitative estimate of drug-likeness (QED) is 0.575. The lowest BCUT2D eigenvalue weighted by Gasteiger charge is -2.34. The van der Waals surface area contributed by atoms with Crippen molar-refractivity contribution in [3.05, 3.63) is 35.6 Å². The molecular formula is C19H28N6O2S. The number of morpholine rings is 1. The minimum Gasteiger partial charge on any atom is -0.384 e. The number of nitrogens with zero attached hydrogens (tertiary/aromatic N) is 4. The Kier molecular flexibility index (Phi) is 6.14. The Morgan fingerprint density at radius 2 is 2.32 bits per heavy atom. The van der Waals surface area contributed by atoms with Crippen molar-refractivity contribution in [2.45, 2.75) is 38.0 Å². The predicted octanol–water partition coefficient (Wildman–Crippen LogP) is 2.49. The Labute approximate surface area is 166 Å². The molecule has 3 atom stereocenters. The van der Waals surface area contributed by atoms with Gasteiger partial charge in [0, 0.05) is 23.9 Å². The number of rotatable bonds is 5. The van der Waals surface area contributed by atoms with E-state index in [9.17, 15) is 4.21 Å². The van der Waals surface area contributed by atoms with Gasteiger partial charge in [0.05, 0.1) is 39.9 Å². The molecule has 2 aliphatic heterocycles. The third-order valence-corrected chi connectivity index (χ3v) is 7.44. The first-order valence-electron chi connectivity index (χ1n) is 9.45. The van der Waals surface area contributed by atoms with Crippen LogP contribution in [0.15, 0.2) is 29.0 Å². The van der Waals surface area contributed by atoms with Gasteiger partial charge in [0.2, 0.25) is 0 Å². The van der Waals surface area contributed by atoms with Gasteiger partial charge in [-0.25, -0.2) is 19.2 Å². The number of aliphatic imine (C=N–C) groups is 1. The molecule has 0 aliphatic carbocycles.